The minimum absolute atomic E-state index is 0.976. The number of aromatic nitrogens is 2. The molecule has 0 bridgehead atoms. The van der Waals surface area contributed by atoms with Crippen molar-refractivity contribution in [2.75, 3.05) is 11.9 Å². The molecule has 84 valence electrons. The molecule has 1 aromatic rings. The fourth-order valence-electron chi connectivity index (χ4n) is 2.10. The predicted octanol–water partition coefficient (Wildman–Crippen LogP) is 2.81. The van der Waals surface area contributed by atoms with Crippen LogP contribution in [0.3, 0.4) is 0 Å². The minimum Gasteiger partial charge on any atom is -0.356 e. The molecular weight excluding hydrogens is 186 g/mol. The van der Waals surface area contributed by atoms with Gasteiger partial charge in [0.05, 0.1) is 5.69 Å². The topological polar surface area (TPSA) is 29.9 Å². The Morgan fingerprint density at radius 1 is 1.53 bits per heavy atom. The van der Waals surface area contributed by atoms with E-state index in [4.69, 9.17) is 0 Å². The van der Waals surface area contributed by atoms with E-state index >= 15 is 0 Å². The number of hydrogen-bond acceptors (Lipinski definition) is 2. The quantitative estimate of drug-likeness (QED) is 0.804. The normalized spacial score (nSPS) is 16.4. The summed E-state index contributed by atoms with van der Waals surface area (Å²) in [7, 11) is 0. The van der Waals surface area contributed by atoms with E-state index in [9.17, 15) is 0 Å². The fraction of sp³-hybridized carbons (Fsp3) is 0.750. The summed E-state index contributed by atoms with van der Waals surface area (Å²) in [6.07, 6.45) is 7.71. The lowest BCUT2D eigenvalue weighted by molar-refractivity contribution is 0.302. The first-order valence-electron chi connectivity index (χ1n) is 6.07. The molecule has 0 aliphatic heterocycles. The van der Waals surface area contributed by atoms with E-state index in [1.807, 2.05) is 6.92 Å². The molecule has 1 aliphatic rings. The molecule has 0 amide bonds. The summed E-state index contributed by atoms with van der Waals surface area (Å²) in [4.78, 5) is 4.47. The first-order chi connectivity index (χ1) is 7.29. The van der Waals surface area contributed by atoms with Gasteiger partial charge in [-0.15, -0.1) is 0 Å². The van der Waals surface area contributed by atoms with E-state index in [0.717, 1.165) is 30.6 Å². The highest BCUT2D eigenvalue weighted by molar-refractivity contribution is 5.28. The molecule has 0 radical (unpaired) electrons. The van der Waals surface area contributed by atoms with Crippen LogP contribution in [-0.4, -0.2) is 16.1 Å². The molecule has 3 heteroatoms. The van der Waals surface area contributed by atoms with Gasteiger partial charge in [0.2, 0.25) is 5.95 Å². The van der Waals surface area contributed by atoms with Crippen molar-refractivity contribution in [1.29, 1.82) is 0 Å². The van der Waals surface area contributed by atoms with E-state index < -0.39 is 0 Å². The third kappa shape index (κ3) is 2.52. The summed E-state index contributed by atoms with van der Waals surface area (Å²) in [6.45, 7) is 6.26. The second kappa shape index (κ2) is 4.69. The minimum atomic E-state index is 0.976. The number of nitrogens with zero attached hydrogens (tertiary/aromatic N) is 2. The number of hydrogen-bond donors (Lipinski definition) is 1. The van der Waals surface area contributed by atoms with Crippen LogP contribution in [0.2, 0.25) is 0 Å². The lowest BCUT2D eigenvalue weighted by atomic mass is 9.83. The smallest absolute Gasteiger partial charge is 0.203 e. The van der Waals surface area contributed by atoms with Gasteiger partial charge in [0.15, 0.2) is 0 Å². The lowest BCUT2D eigenvalue weighted by Gasteiger charge is -2.25. The molecule has 0 spiro atoms. The lowest BCUT2D eigenvalue weighted by Crippen LogP contribution is -2.17. The molecule has 1 aromatic heterocycles. The molecule has 0 unspecified atom stereocenters. The van der Waals surface area contributed by atoms with Crippen LogP contribution in [-0.2, 0) is 6.54 Å². The average Bonchev–Trinajstić information content (AvgIpc) is 2.50. The Hall–Kier alpha value is -0.990. The molecule has 15 heavy (non-hydrogen) atoms. The van der Waals surface area contributed by atoms with Crippen LogP contribution in [0.4, 0.5) is 5.95 Å². The van der Waals surface area contributed by atoms with Crippen molar-refractivity contribution >= 4 is 5.95 Å². The predicted molar refractivity (Wildman–Crippen MR) is 63.1 cm³/mol. The van der Waals surface area contributed by atoms with Crippen LogP contribution >= 0.6 is 0 Å². The summed E-state index contributed by atoms with van der Waals surface area (Å²) in [6, 6.07) is 0. The molecule has 3 nitrogen and oxygen atoms in total. The second-order valence-corrected chi connectivity index (χ2v) is 4.50. The summed E-state index contributed by atoms with van der Waals surface area (Å²) < 4.78 is 2.18. The zero-order valence-corrected chi connectivity index (χ0v) is 9.79. The zero-order chi connectivity index (χ0) is 10.7. The first kappa shape index (κ1) is 10.5. The Morgan fingerprint density at radius 3 is 2.93 bits per heavy atom. The van der Waals surface area contributed by atoms with Gasteiger partial charge in [-0.3, -0.25) is 0 Å². The molecule has 1 fully saturated rings. The number of anilines is 1. The second-order valence-electron chi connectivity index (χ2n) is 4.50. The van der Waals surface area contributed by atoms with Gasteiger partial charge in [0.1, 0.15) is 0 Å². The van der Waals surface area contributed by atoms with Crippen molar-refractivity contribution in [3.63, 3.8) is 0 Å². The van der Waals surface area contributed by atoms with Crippen molar-refractivity contribution in [1.82, 2.24) is 9.55 Å². The number of imidazole rings is 1. The van der Waals surface area contributed by atoms with Crippen molar-refractivity contribution in [3.05, 3.63) is 11.9 Å². The van der Waals surface area contributed by atoms with Crippen LogP contribution in [0.25, 0.3) is 0 Å². The molecule has 1 N–H and O–H groups in total. The van der Waals surface area contributed by atoms with Crippen LogP contribution < -0.4 is 5.32 Å². The maximum Gasteiger partial charge on any atom is 0.203 e. The van der Waals surface area contributed by atoms with Crippen molar-refractivity contribution in [2.45, 2.75) is 46.1 Å². The SMILES string of the molecule is CCn1cc(C)nc1NCCC1CCC1. The molecule has 0 saturated heterocycles. The van der Waals surface area contributed by atoms with Crippen molar-refractivity contribution in [3.8, 4) is 0 Å². The van der Waals surface area contributed by atoms with Gasteiger partial charge in [-0.05, 0) is 26.2 Å². The van der Waals surface area contributed by atoms with Crippen molar-refractivity contribution in [2.24, 2.45) is 5.92 Å². The van der Waals surface area contributed by atoms with E-state index in [0.29, 0.717) is 0 Å². The Bertz CT molecular complexity index is 313. The van der Waals surface area contributed by atoms with Crippen LogP contribution in [0, 0.1) is 12.8 Å². The van der Waals surface area contributed by atoms with E-state index in [2.05, 4.69) is 28.0 Å². The Labute approximate surface area is 91.9 Å². The van der Waals surface area contributed by atoms with E-state index in [-0.39, 0.29) is 0 Å². The number of nitrogens with one attached hydrogen (secondary N) is 1. The monoisotopic (exact) mass is 207 g/mol. The van der Waals surface area contributed by atoms with Crippen LogP contribution in [0.1, 0.15) is 38.3 Å². The third-order valence-corrected chi connectivity index (χ3v) is 3.30. The third-order valence-electron chi connectivity index (χ3n) is 3.30. The summed E-state index contributed by atoms with van der Waals surface area (Å²) >= 11 is 0. The van der Waals surface area contributed by atoms with E-state index in [1.165, 1.54) is 25.7 Å². The van der Waals surface area contributed by atoms with Gasteiger partial charge in [0.25, 0.3) is 0 Å². The van der Waals surface area contributed by atoms with Crippen molar-refractivity contribution < 1.29 is 0 Å². The Kier molecular flexibility index (Phi) is 3.29. The summed E-state index contributed by atoms with van der Waals surface area (Å²) in [5, 5.41) is 3.44. The summed E-state index contributed by atoms with van der Waals surface area (Å²) in [5.74, 6) is 2.01. The Morgan fingerprint density at radius 2 is 2.33 bits per heavy atom. The average molecular weight is 207 g/mol. The molecule has 2 rings (SSSR count). The van der Waals surface area contributed by atoms with Crippen LogP contribution in [0.15, 0.2) is 6.20 Å². The molecule has 0 aromatic carbocycles. The van der Waals surface area contributed by atoms with Gasteiger partial charge >= 0.3 is 0 Å². The van der Waals surface area contributed by atoms with Gasteiger partial charge in [-0.2, -0.15) is 0 Å². The fourth-order valence-corrected chi connectivity index (χ4v) is 2.10. The highest BCUT2D eigenvalue weighted by atomic mass is 15.2. The van der Waals surface area contributed by atoms with Crippen LogP contribution in [0.5, 0.6) is 0 Å². The molecule has 1 heterocycles. The molecule has 1 saturated carbocycles. The van der Waals surface area contributed by atoms with E-state index in [1.54, 1.807) is 0 Å². The highest BCUT2D eigenvalue weighted by Crippen LogP contribution is 2.29. The molecule has 0 atom stereocenters. The maximum absolute atomic E-state index is 4.47. The zero-order valence-electron chi connectivity index (χ0n) is 9.79. The largest absolute Gasteiger partial charge is 0.356 e. The van der Waals surface area contributed by atoms with Gasteiger partial charge in [0, 0.05) is 19.3 Å². The molecular formula is C12H21N3. The molecule has 1 aliphatic carbocycles. The number of aryl methyl sites for hydroxylation is 2. The van der Waals surface area contributed by atoms with Gasteiger partial charge in [-0.1, -0.05) is 19.3 Å². The highest BCUT2D eigenvalue weighted by Gasteiger charge is 2.16. The van der Waals surface area contributed by atoms with Gasteiger partial charge in [-0.25, -0.2) is 4.98 Å². The maximum atomic E-state index is 4.47. The standard InChI is InChI=1S/C12H21N3/c1-3-15-9-10(2)14-12(15)13-8-7-11-5-4-6-11/h9,11H,3-8H2,1-2H3,(H,13,14). The Balaban J connectivity index is 1.80. The van der Waals surface area contributed by atoms with Gasteiger partial charge < -0.3 is 9.88 Å². The first-order valence-corrected chi connectivity index (χ1v) is 6.07. The number of rotatable bonds is 5. The summed E-state index contributed by atoms with van der Waals surface area (Å²) in [5.41, 5.74) is 1.10.